The van der Waals surface area contributed by atoms with Gasteiger partial charge in [0.1, 0.15) is 5.54 Å². The molecule has 1 aliphatic carbocycles. The third-order valence-corrected chi connectivity index (χ3v) is 7.56. The van der Waals surface area contributed by atoms with Crippen LogP contribution < -0.4 is 5.32 Å². The summed E-state index contributed by atoms with van der Waals surface area (Å²) in [7, 11) is 0. The zero-order chi connectivity index (χ0) is 24.3. The lowest BCUT2D eigenvalue weighted by atomic mass is 9.64. The number of aromatic nitrogens is 1. The maximum absolute atomic E-state index is 13.4. The van der Waals surface area contributed by atoms with Crippen LogP contribution in [0.5, 0.6) is 0 Å². The predicted octanol–water partition coefficient (Wildman–Crippen LogP) is 5.72. The number of ketones is 1. The highest BCUT2D eigenvalue weighted by molar-refractivity contribution is 6.42. The van der Waals surface area contributed by atoms with Crippen molar-refractivity contribution in [3.63, 3.8) is 0 Å². The van der Waals surface area contributed by atoms with Crippen molar-refractivity contribution in [3.05, 3.63) is 51.3 Å². The van der Waals surface area contributed by atoms with Crippen molar-refractivity contribution < 1.29 is 14.4 Å². The predicted molar refractivity (Wildman–Crippen MR) is 129 cm³/mol. The summed E-state index contributed by atoms with van der Waals surface area (Å²) in [4.78, 5) is 40.5. The highest BCUT2D eigenvalue weighted by Gasteiger charge is 2.56. The number of carbonyl (C=O) groups is 3. The molecule has 4 rings (SSSR count). The van der Waals surface area contributed by atoms with E-state index in [4.69, 9.17) is 23.2 Å². The molecule has 2 aromatic rings. The molecule has 2 heterocycles. The fourth-order valence-corrected chi connectivity index (χ4v) is 6.24. The number of amides is 3. The molecule has 6 nitrogen and oxygen atoms in total. The maximum atomic E-state index is 13.4. The van der Waals surface area contributed by atoms with Gasteiger partial charge in [0.15, 0.2) is 5.78 Å². The van der Waals surface area contributed by atoms with Crippen LogP contribution in [-0.2, 0) is 4.79 Å². The Morgan fingerprint density at radius 3 is 2.45 bits per heavy atom. The van der Waals surface area contributed by atoms with Gasteiger partial charge in [0, 0.05) is 22.6 Å². The molecule has 176 valence electrons. The van der Waals surface area contributed by atoms with Gasteiger partial charge < -0.3 is 9.88 Å². The molecule has 1 aliphatic heterocycles. The molecule has 2 atom stereocenters. The van der Waals surface area contributed by atoms with Gasteiger partial charge in [-0.05, 0) is 68.7 Å². The molecule has 33 heavy (non-hydrogen) atoms. The minimum atomic E-state index is -0.921. The van der Waals surface area contributed by atoms with Gasteiger partial charge in [-0.3, -0.25) is 14.5 Å². The Morgan fingerprint density at radius 2 is 1.82 bits per heavy atom. The summed E-state index contributed by atoms with van der Waals surface area (Å²) in [5.41, 5.74) is 1.82. The van der Waals surface area contributed by atoms with Crippen molar-refractivity contribution in [2.45, 2.75) is 59.4 Å². The van der Waals surface area contributed by atoms with E-state index in [0.717, 1.165) is 22.7 Å². The number of nitrogens with zero attached hydrogens (tertiary/aromatic N) is 2. The zero-order valence-corrected chi connectivity index (χ0v) is 21.1. The maximum Gasteiger partial charge on any atom is 0.325 e. The number of benzene rings is 1. The number of aryl methyl sites for hydroxylation is 1. The van der Waals surface area contributed by atoms with E-state index in [1.165, 1.54) is 0 Å². The molecule has 1 N–H and O–H groups in total. The van der Waals surface area contributed by atoms with Crippen molar-refractivity contribution >= 4 is 40.9 Å². The first kappa shape index (κ1) is 23.8. The molecule has 1 aromatic carbocycles. The van der Waals surface area contributed by atoms with Gasteiger partial charge in [0.2, 0.25) is 0 Å². The molecule has 1 saturated carbocycles. The Balaban J connectivity index is 1.60. The molecule has 1 spiro atoms. The Morgan fingerprint density at radius 1 is 1.12 bits per heavy atom. The topological polar surface area (TPSA) is 71.4 Å². The summed E-state index contributed by atoms with van der Waals surface area (Å²) < 4.78 is 1.91. The van der Waals surface area contributed by atoms with E-state index in [0.29, 0.717) is 40.1 Å². The number of halogens is 2. The molecule has 8 heteroatoms. The van der Waals surface area contributed by atoms with Crippen molar-refractivity contribution in [3.8, 4) is 5.69 Å². The zero-order valence-electron chi connectivity index (χ0n) is 19.6. The van der Waals surface area contributed by atoms with E-state index >= 15 is 0 Å². The summed E-state index contributed by atoms with van der Waals surface area (Å²) in [5, 5.41) is 3.80. The van der Waals surface area contributed by atoms with E-state index < -0.39 is 11.6 Å². The molecule has 1 aromatic heterocycles. The van der Waals surface area contributed by atoms with E-state index in [1.807, 2.05) is 24.5 Å². The highest BCUT2D eigenvalue weighted by Crippen LogP contribution is 2.46. The molecule has 2 fully saturated rings. The van der Waals surface area contributed by atoms with E-state index in [-0.39, 0.29) is 23.7 Å². The van der Waals surface area contributed by atoms with Crippen molar-refractivity contribution in [1.29, 1.82) is 0 Å². The first-order chi connectivity index (χ1) is 15.3. The lowest BCUT2D eigenvalue weighted by Crippen LogP contribution is -2.54. The smallest absolute Gasteiger partial charge is 0.323 e. The SMILES string of the molecule is Cc1cc(C(=O)CN2C(=O)NC3(CC(C)CC(C)(C)C3)C2=O)c(C)n1-c1ccc(Cl)c(Cl)c1. The molecule has 2 aliphatic rings. The van der Waals surface area contributed by atoms with Gasteiger partial charge in [-0.2, -0.15) is 0 Å². The summed E-state index contributed by atoms with van der Waals surface area (Å²) >= 11 is 12.2. The standard InChI is InChI=1S/C25H29Cl2N3O3/c1-14-10-24(4,5)13-25(11-14)22(32)29(23(33)28-25)12-21(31)18-8-15(2)30(16(18)3)17-6-7-19(26)20(27)9-17/h6-9,14H,10-13H2,1-5H3,(H,28,33). The van der Waals surface area contributed by atoms with Crippen LogP contribution in [0, 0.1) is 25.2 Å². The lowest BCUT2D eigenvalue weighted by Gasteiger charge is -2.43. The minimum absolute atomic E-state index is 0.0641. The van der Waals surface area contributed by atoms with Crippen LogP contribution in [0.1, 0.15) is 61.8 Å². The van der Waals surface area contributed by atoms with Crippen LogP contribution in [0.4, 0.5) is 4.79 Å². The summed E-state index contributed by atoms with van der Waals surface area (Å²) in [6.45, 7) is 9.79. The fraction of sp³-hybridized carbons (Fsp3) is 0.480. The highest BCUT2D eigenvalue weighted by atomic mass is 35.5. The van der Waals surface area contributed by atoms with Crippen molar-refractivity contribution in [1.82, 2.24) is 14.8 Å². The van der Waals surface area contributed by atoms with Crippen LogP contribution in [0.2, 0.25) is 10.0 Å². The molecule has 0 bridgehead atoms. The number of Topliss-reactive ketones (excluding diaryl/α,β-unsaturated/α-hetero) is 1. The summed E-state index contributed by atoms with van der Waals surface area (Å²) in [5.74, 6) is -0.268. The number of hydrogen-bond donors (Lipinski definition) is 1. The van der Waals surface area contributed by atoms with Gasteiger partial charge >= 0.3 is 6.03 Å². The van der Waals surface area contributed by atoms with Crippen LogP contribution in [0.25, 0.3) is 5.69 Å². The number of rotatable bonds is 4. The number of urea groups is 1. The third kappa shape index (κ3) is 4.19. The second-order valence-electron chi connectivity index (χ2n) is 10.4. The first-order valence-electron chi connectivity index (χ1n) is 11.2. The van der Waals surface area contributed by atoms with Crippen LogP contribution in [0.3, 0.4) is 0 Å². The average Bonchev–Trinajstić information content (AvgIpc) is 3.10. The fourth-order valence-electron chi connectivity index (χ4n) is 5.94. The number of nitrogens with one attached hydrogen (secondary N) is 1. The van der Waals surface area contributed by atoms with E-state index in [9.17, 15) is 14.4 Å². The first-order valence-corrected chi connectivity index (χ1v) is 11.9. The molecule has 0 radical (unpaired) electrons. The largest absolute Gasteiger partial charge is 0.325 e. The Labute approximate surface area is 204 Å². The van der Waals surface area contributed by atoms with Gasteiger partial charge in [0.25, 0.3) is 5.91 Å². The van der Waals surface area contributed by atoms with Gasteiger partial charge in [-0.15, -0.1) is 0 Å². The number of carbonyl (C=O) groups excluding carboxylic acids is 3. The van der Waals surface area contributed by atoms with Gasteiger partial charge in [0.05, 0.1) is 16.6 Å². The van der Waals surface area contributed by atoms with Gasteiger partial charge in [-0.25, -0.2) is 4.79 Å². The second-order valence-corrected chi connectivity index (χ2v) is 11.2. The van der Waals surface area contributed by atoms with Crippen LogP contribution in [-0.4, -0.2) is 39.3 Å². The molecular formula is C25H29Cl2N3O3. The molecule has 3 amide bonds. The van der Waals surface area contributed by atoms with Crippen molar-refractivity contribution in [2.24, 2.45) is 11.3 Å². The molecule has 2 unspecified atom stereocenters. The van der Waals surface area contributed by atoms with E-state index in [1.54, 1.807) is 18.2 Å². The monoisotopic (exact) mass is 489 g/mol. The molecular weight excluding hydrogens is 461 g/mol. The van der Waals surface area contributed by atoms with Crippen LogP contribution >= 0.6 is 23.2 Å². The summed E-state index contributed by atoms with van der Waals surface area (Å²) in [6.07, 6.45) is 2.17. The number of hydrogen-bond acceptors (Lipinski definition) is 3. The summed E-state index contributed by atoms with van der Waals surface area (Å²) in [6, 6.07) is 6.57. The number of imide groups is 1. The Bertz CT molecular complexity index is 1170. The van der Waals surface area contributed by atoms with Crippen molar-refractivity contribution in [2.75, 3.05) is 6.54 Å². The Hall–Kier alpha value is -2.31. The average molecular weight is 490 g/mol. The normalized spacial score (nSPS) is 24.5. The third-order valence-electron chi connectivity index (χ3n) is 6.82. The minimum Gasteiger partial charge on any atom is -0.323 e. The quantitative estimate of drug-likeness (QED) is 0.440. The van der Waals surface area contributed by atoms with Gasteiger partial charge in [-0.1, -0.05) is 44.0 Å². The van der Waals surface area contributed by atoms with Crippen LogP contribution in [0.15, 0.2) is 24.3 Å². The second kappa shape index (κ2) is 8.17. The molecule has 1 saturated heterocycles. The van der Waals surface area contributed by atoms with E-state index in [2.05, 4.69) is 26.1 Å². The lowest BCUT2D eigenvalue weighted by molar-refractivity contribution is -0.134. The Kier molecular flexibility index (Phi) is 5.90.